The van der Waals surface area contributed by atoms with Crippen LogP contribution in [0.15, 0.2) is 47.5 Å². The molecule has 0 radical (unpaired) electrons. The fraction of sp³-hybridized carbons (Fsp3) is 0.391. The first-order chi connectivity index (χ1) is 14.4. The summed E-state index contributed by atoms with van der Waals surface area (Å²) in [6.07, 6.45) is 2.15. The van der Waals surface area contributed by atoms with Crippen molar-refractivity contribution in [2.75, 3.05) is 6.54 Å². The third-order valence-electron chi connectivity index (χ3n) is 5.76. The number of aromatic nitrogens is 2. The van der Waals surface area contributed by atoms with Crippen LogP contribution in [0.3, 0.4) is 0 Å². The van der Waals surface area contributed by atoms with E-state index in [1.165, 1.54) is 23.0 Å². The van der Waals surface area contributed by atoms with Gasteiger partial charge in [0.25, 0.3) is 5.56 Å². The summed E-state index contributed by atoms with van der Waals surface area (Å²) in [7, 11) is 0. The lowest BCUT2D eigenvalue weighted by atomic mass is 9.96. The van der Waals surface area contributed by atoms with Gasteiger partial charge in [0, 0.05) is 6.04 Å². The Morgan fingerprint density at radius 3 is 2.90 bits per heavy atom. The number of aliphatic hydroxyl groups is 2. The van der Waals surface area contributed by atoms with E-state index in [0.29, 0.717) is 29.3 Å². The number of benzene rings is 2. The van der Waals surface area contributed by atoms with Gasteiger partial charge in [-0.1, -0.05) is 12.1 Å². The van der Waals surface area contributed by atoms with E-state index in [4.69, 9.17) is 0 Å². The summed E-state index contributed by atoms with van der Waals surface area (Å²) < 4.78 is 15.0. The van der Waals surface area contributed by atoms with Gasteiger partial charge in [-0.15, -0.1) is 0 Å². The third kappa shape index (κ3) is 4.28. The van der Waals surface area contributed by atoms with Gasteiger partial charge in [0.15, 0.2) is 0 Å². The first-order valence-electron chi connectivity index (χ1n) is 10.3. The third-order valence-corrected chi connectivity index (χ3v) is 5.76. The summed E-state index contributed by atoms with van der Waals surface area (Å²) in [6, 6.07) is 9.67. The van der Waals surface area contributed by atoms with Crippen molar-refractivity contribution in [1.82, 2.24) is 14.9 Å². The summed E-state index contributed by atoms with van der Waals surface area (Å²) in [5, 5.41) is 24.2. The molecule has 4 rings (SSSR count). The first kappa shape index (κ1) is 20.7. The minimum absolute atomic E-state index is 0.0932. The molecule has 0 saturated carbocycles. The molecular formula is C23H26FN3O3. The molecule has 3 atom stereocenters. The fourth-order valence-electron chi connectivity index (χ4n) is 4.18. The van der Waals surface area contributed by atoms with Crippen LogP contribution in [0.4, 0.5) is 4.39 Å². The highest BCUT2D eigenvalue weighted by Gasteiger charge is 2.25. The number of piperidine rings is 1. The highest BCUT2D eigenvalue weighted by atomic mass is 19.1. The normalized spacial score (nSPS) is 20.4. The Morgan fingerprint density at radius 2 is 2.13 bits per heavy atom. The molecular weight excluding hydrogens is 385 g/mol. The summed E-state index contributed by atoms with van der Waals surface area (Å²) in [5.41, 5.74) is 2.59. The molecule has 0 bridgehead atoms. The monoisotopic (exact) mass is 411 g/mol. The fourth-order valence-corrected chi connectivity index (χ4v) is 4.18. The molecule has 3 aromatic rings. The SMILES string of the molecule is Cc1cc(-c2cccc(F)c2)cc2c(=O)n(CC(O)C[C@H]3NCCC[C@@H]3O)cnc12. The van der Waals surface area contributed by atoms with Crippen LogP contribution in [0, 0.1) is 12.7 Å². The molecule has 7 heteroatoms. The Labute approximate surface area is 174 Å². The molecule has 158 valence electrons. The number of nitrogens with one attached hydrogen (secondary N) is 1. The predicted octanol–water partition coefficient (Wildman–Crippen LogP) is 2.37. The van der Waals surface area contributed by atoms with Gasteiger partial charge in [0.2, 0.25) is 0 Å². The van der Waals surface area contributed by atoms with E-state index >= 15 is 0 Å². The van der Waals surface area contributed by atoms with Crippen LogP contribution in [-0.4, -0.2) is 44.6 Å². The average molecular weight is 411 g/mol. The molecule has 1 aliphatic rings. The molecule has 0 amide bonds. The molecule has 2 aromatic carbocycles. The Bertz CT molecular complexity index is 1110. The molecule has 3 N–H and O–H groups in total. The number of fused-ring (bicyclic) bond motifs is 1. The maximum Gasteiger partial charge on any atom is 0.261 e. The molecule has 1 saturated heterocycles. The van der Waals surface area contributed by atoms with Gasteiger partial charge in [-0.3, -0.25) is 9.36 Å². The van der Waals surface area contributed by atoms with Crippen molar-refractivity contribution in [2.24, 2.45) is 0 Å². The maximum absolute atomic E-state index is 13.6. The zero-order chi connectivity index (χ0) is 21.3. The van der Waals surface area contributed by atoms with Gasteiger partial charge in [-0.25, -0.2) is 9.37 Å². The highest BCUT2D eigenvalue weighted by Crippen LogP contribution is 2.25. The Kier molecular flexibility index (Phi) is 5.94. The topological polar surface area (TPSA) is 87.4 Å². The van der Waals surface area contributed by atoms with Gasteiger partial charge in [0.05, 0.1) is 36.0 Å². The summed E-state index contributed by atoms with van der Waals surface area (Å²) >= 11 is 0. The molecule has 6 nitrogen and oxygen atoms in total. The van der Waals surface area contributed by atoms with Crippen LogP contribution in [-0.2, 0) is 6.54 Å². The smallest absolute Gasteiger partial charge is 0.261 e. The molecule has 1 fully saturated rings. The van der Waals surface area contributed by atoms with Crippen molar-refractivity contribution in [3.63, 3.8) is 0 Å². The number of aryl methyl sites for hydroxylation is 1. The second-order valence-corrected chi connectivity index (χ2v) is 8.06. The van der Waals surface area contributed by atoms with Gasteiger partial charge >= 0.3 is 0 Å². The van der Waals surface area contributed by atoms with Crippen molar-refractivity contribution in [3.8, 4) is 11.1 Å². The van der Waals surface area contributed by atoms with Crippen LogP contribution in [0.1, 0.15) is 24.8 Å². The molecule has 1 unspecified atom stereocenters. The summed E-state index contributed by atoms with van der Waals surface area (Å²) in [4.78, 5) is 17.5. The van der Waals surface area contributed by atoms with E-state index in [9.17, 15) is 19.4 Å². The summed E-state index contributed by atoms with van der Waals surface area (Å²) in [6.45, 7) is 2.77. The quantitative estimate of drug-likeness (QED) is 0.600. The molecule has 0 spiro atoms. The molecule has 0 aliphatic carbocycles. The zero-order valence-corrected chi connectivity index (χ0v) is 16.9. The molecule has 2 heterocycles. The van der Waals surface area contributed by atoms with Crippen molar-refractivity contribution in [3.05, 3.63) is 64.5 Å². The zero-order valence-electron chi connectivity index (χ0n) is 16.9. The van der Waals surface area contributed by atoms with Crippen LogP contribution in [0.5, 0.6) is 0 Å². The number of hydrogen-bond donors (Lipinski definition) is 3. The number of aliphatic hydroxyl groups excluding tert-OH is 2. The van der Waals surface area contributed by atoms with Gasteiger partial charge < -0.3 is 15.5 Å². The van der Waals surface area contributed by atoms with E-state index < -0.39 is 12.2 Å². The summed E-state index contributed by atoms with van der Waals surface area (Å²) in [5.74, 6) is -0.338. The van der Waals surface area contributed by atoms with Gasteiger partial charge in [-0.05, 0) is 73.7 Å². The van der Waals surface area contributed by atoms with Crippen LogP contribution < -0.4 is 10.9 Å². The lowest BCUT2D eigenvalue weighted by Gasteiger charge is -2.30. The largest absolute Gasteiger partial charge is 0.392 e. The van der Waals surface area contributed by atoms with Crippen molar-refractivity contribution in [2.45, 2.75) is 51.0 Å². The maximum atomic E-state index is 13.6. The Hall–Kier alpha value is -2.61. The van der Waals surface area contributed by atoms with Crippen molar-refractivity contribution >= 4 is 10.9 Å². The van der Waals surface area contributed by atoms with Crippen LogP contribution in [0.25, 0.3) is 22.0 Å². The second-order valence-electron chi connectivity index (χ2n) is 8.06. The second kappa shape index (κ2) is 8.63. The lowest BCUT2D eigenvalue weighted by Crippen LogP contribution is -2.47. The van der Waals surface area contributed by atoms with E-state index in [1.807, 2.05) is 13.0 Å². The van der Waals surface area contributed by atoms with E-state index in [1.54, 1.807) is 18.2 Å². The van der Waals surface area contributed by atoms with Crippen molar-refractivity contribution in [1.29, 1.82) is 0 Å². The molecule has 30 heavy (non-hydrogen) atoms. The Balaban J connectivity index is 1.63. The minimum Gasteiger partial charge on any atom is -0.392 e. The predicted molar refractivity (Wildman–Crippen MR) is 114 cm³/mol. The number of rotatable bonds is 5. The first-order valence-corrected chi connectivity index (χ1v) is 10.3. The average Bonchev–Trinajstić information content (AvgIpc) is 2.72. The standard InChI is InChI=1S/C23H26FN3O3/c1-14-8-16(15-4-2-5-17(24)9-15)10-19-22(14)26-13-27(23(19)30)12-18(28)11-20-21(29)6-3-7-25-20/h2,4-5,8-10,13,18,20-21,25,28-29H,3,6-7,11-12H2,1H3/t18?,20-,21+/m1/s1. The minimum atomic E-state index is -0.792. The van der Waals surface area contributed by atoms with Crippen LogP contribution >= 0.6 is 0 Å². The lowest BCUT2D eigenvalue weighted by molar-refractivity contribution is 0.0539. The van der Waals surface area contributed by atoms with E-state index in [2.05, 4.69) is 10.3 Å². The molecule has 1 aliphatic heterocycles. The number of hydrogen-bond acceptors (Lipinski definition) is 5. The molecule has 1 aromatic heterocycles. The van der Waals surface area contributed by atoms with E-state index in [0.717, 1.165) is 24.1 Å². The van der Waals surface area contributed by atoms with Gasteiger partial charge in [0.1, 0.15) is 5.82 Å². The van der Waals surface area contributed by atoms with Crippen molar-refractivity contribution < 1.29 is 14.6 Å². The number of nitrogens with zero attached hydrogens (tertiary/aromatic N) is 2. The highest BCUT2D eigenvalue weighted by molar-refractivity contribution is 5.86. The van der Waals surface area contributed by atoms with E-state index in [-0.39, 0.29) is 24.0 Å². The van der Waals surface area contributed by atoms with Crippen LogP contribution in [0.2, 0.25) is 0 Å². The number of halogens is 1. The Morgan fingerprint density at radius 1 is 1.30 bits per heavy atom. The van der Waals surface area contributed by atoms with Gasteiger partial charge in [-0.2, -0.15) is 0 Å².